The minimum atomic E-state index is -2.34. The van der Waals surface area contributed by atoms with Gasteiger partial charge in [0.2, 0.25) is 0 Å². The van der Waals surface area contributed by atoms with Crippen molar-refractivity contribution in [2.24, 2.45) is 0 Å². The van der Waals surface area contributed by atoms with Crippen LogP contribution in [0, 0.1) is 6.92 Å². The Bertz CT molecular complexity index is 1250. The number of hydrogen-bond donors (Lipinski definition) is 2. The second-order valence-electron chi connectivity index (χ2n) is 14.0. The molecule has 0 amide bonds. The number of aromatic amines is 1. The standard InChI is InChI=1S/C27H46N3O9PSi/c1-14(2)30-13-17-19(21-24(34-17)37-27(7,8)36-21)39-40(30)38-16-11-18(29-12-15(3)22(31)28-25(29)33)35-20(16)23(32)41(9,10)26(4,5)6/h12,14,16-21,23-24,32H,11,13H2,1-10H3,(H,28,31,33)/t16-,17+,18+,19-,20-,21+,23?,24+,40?/m0/s1. The van der Waals surface area contributed by atoms with Gasteiger partial charge in [0.05, 0.1) is 19.9 Å². The van der Waals surface area contributed by atoms with Gasteiger partial charge in [-0.25, -0.2) is 9.46 Å². The Morgan fingerprint density at radius 2 is 1.85 bits per heavy atom. The molecule has 0 saturated carbocycles. The Labute approximate surface area is 243 Å². The van der Waals surface area contributed by atoms with Gasteiger partial charge in [0.15, 0.2) is 12.1 Å². The molecule has 9 atom stereocenters. The SMILES string of the molecule is Cc1cn([C@H]2C[C@H](OP3O[C@@H]4[C@H]5OC(C)(C)O[C@H]5O[C@@H]4CN3C(C)C)[C@@H](C(O)[Si](C)(C)C(C)(C)C)O2)c(=O)[nH]c1=O. The third-order valence-electron chi connectivity index (χ3n) is 9.25. The normalized spacial score (nSPS) is 36.5. The molecule has 2 unspecified atom stereocenters. The summed E-state index contributed by atoms with van der Waals surface area (Å²) < 4.78 is 41.7. The van der Waals surface area contributed by atoms with Gasteiger partial charge in [-0.1, -0.05) is 33.9 Å². The maximum Gasteiger partial charge on any atom is 0.330 e. The topological polar surface area (TPSA) is 134 Å². The van der Waals surface area contributed by atoms with Crippen LogP contribution in [0.3, 0.4) is 0 Å². The van der Waals surface area contributed by atoms with Crippen LogP contribution in [0.2, 0.25) is 18.1 Å². The molecule has 4 fully saturated rings. The molecule has 4 saturated heterocycles. The van der Waals surface area contributed by atoms with Gasteiger partial charge in [0, 0.05) is 30.8 Å². The van der Waals surface area contributed by atoms with Crippen molar-refractivity contribution < 1.29 is 33.1 Å². The van der Waals surface area contributed by atoms with Gasteiger partial charge >= 0.3 is 5.69 Å². The number of ether oxygens (including phenoxy) is 4. The first-order chi connectivity index (χ1) is 18.9. The highest BCUT2D eigenvalue weighted by atomic mass is 31.2. The molecule has 0 radical (unpaired) electrons. The third kappa shape index (κ3) is 5.80. The van der Waals surface area contributed by atoms with Crippen molar-refractivity contribution in [2.75, 3.05) is 6.54 Å². The van der Waals surface area contributed by atoms with E-state index in [1.54, 1.807) is 6.92 Å². The van der Waals surface area contributed by atoms with E-state index in [0.29, 0.717) is 18.5 Å². The van der Waals surface area contributed by atoms with Crippen molar-refractivity contribution in [1.29, 1.82) is 0 Å². The lowest BCUT2D eigenvalue weighted by Crippen LogP contribution is -2.57. The molecule has 1 aromatic heterocycles. The molecule has 4 aliphatic rings. The molecule has 0 bridgehead atoms. The molecular formula is C27H46N3O9PSi. The highest BCUT2D eigenvalue weighted by Gasteiger charge is 2.60. The Morgan fingerprint density at radius 3 is 2.49 bits per heavy atom. The first-order valence-electron chi connectivity index (χ1n) is 14.5. The first-order valence-corrected chi connectivity index (χ1v) is 18.7. The maximum atomic E-state index is 12.8. The van der Waals surface area contributed by atoms with E-state index in [4.69, 9.17) is 28.0 Å². The predicted octanol–water partition coefficient (Wildman–Crippen LogP) is 3.14. The lowest BCUT2D eigenvalue weighted by atomic mass is 10.1. The van der Waals surface area contributed by atoms with Gasteiger partial charge in [-0.2, -0.15) is 0 Å². The van der Waals surface area contributed by atoms with Crippen LogP contribution in [-0.2, 0) is 28.0 Å². The summed E-state index contributed by atoms with van der Waals surface area (Å²) in [6.45, 7) is 20.8. The van der Waals surface area contributed by atoms with Crippen LogP contribution in [0.5, 0.6) is 0 Å². The zero-order valence-electron chi connectivity index (χ0n) is 25.7. The van der Waals surface area contributed by atoms with Gasteiger partial charge in [-0.3, -0.25) is 14.3 Å². The van der Waals surface area contributed by atoms with Crippen molar-refractivity contribution in [3.05, 3.63) is 32.6 Å². The van der Waals surface area contributed by atoms with E-state index in [-0.39, 0.29) is 29.4 Å². The minimum absolute atomic E-state index is 0.0933. The van der Waals surface area contributed by atoms with E-state index < -0.39 is 64.1 Å². The quantitative estimate of drug-likeness (QED) is 0.363. The summed E-state index contributed by atoms with van der Waals surface area (Å²) in [6.07, 6.45) is -1.65. The van der Waals surface area contributed by atoms with Crippen molar-refractivity contribution in [3.8, 4) is 0 Å². The summed E-state index contributed by atoms with van der Waals surface area (Å²) >= 11 is 0. The number of nitrogens with zero attached hydrogens (tertiary/aromatic N) is 2. The lowest BCUT2D eigenvalue weighted by Gasteiger charge is -2.45. The molecule has 0 aromatic carbocycles. The molecule has 5 rings (SSSR count). The summed E-state index contributed by atoms with van der Waals surface area (Å²) in [5.74, 6) is -0.768. The minimum Gasteiger partial charge on any atom is -0.394 e. The summed E-state index contributed by atoms with van der Waals surface area (Å²) in [5.41, 5.74) is -1.39. The smallest absolute Gasteiger partial charge is 0.330 e. The molecule has 14 heteroatoms. The van der Waals surface area contributed by atoms with Gasteiger partial charge in [0.1, 0.15) is 30.6 Å². The van der Waals surface area contributed by atoms with Crippen LogP contribution < -0.4 is 11.2 Å². The number of aromatic nitrogens is 2. The monoisotopic (exact) mass is 615 g/mol. The van der Waals surface area contributed by atoms with Crippen molar-refractivity contribution in [3.63, 3.8) is 0 Å². The molecule has 12 nitrogen and oxygen atoms in total. The van der Waals surface area contributed by atoms with E-state index in [2.05, 4.69) is 57.4 Å². The molecule has 1 aromatic rings. The molecule has 5 heterocycles. The van der Waals surface area contributed by atoms with Crippen LogP contribution in [0.4, 0.5) is 0 Å². The number of aliphatic hydroxyl groups is 1. The highest BCUT2D eigenvalue weighted by molar-refractivity contribution is 7.44. The second-order valence-corrected chi connectivity index (χ2v) is 20.9. The molecule has 41 heavy (non-hydrogen) atoms. The Hall–Kier alpha value is -0.993. The van der Waals surface area contributed by atoms with Crippen molar-refractivity contribution in [1.82, 2.24) is 14.2 Å². The molecule has 2 N–H and O–H groups in total. The number of nitrogens with one attached hydrogen (secondary N) is 1. The zero-order valence-corrected chi connectivity index (χ0v) is 27.6. The molecule has 0 spiro atoms. The lowest BCUT2D eigenvalue weighted by molar-refractivity contribution is -0.217. The van der Waals surface area contributed by atoms with E-state index in [0.717, 1.165) is 0 Å². The molecule has 4 aliphatic heterocycles. The van der Waals surface area contributed by atoms with Crippen LogP contribution in [0.15, 0.2) is 15.8 Å². The summed E-state index contributed by atoms with van der Waals surface area (Å²) in [5, 5.41) is 11.7. The maximum absolute atomic E-state index is 12.8. The Morgan fingerprint density at radius 1 is 1.17 bits per heavy atom. The van der Waals surface area contributed by atoms with Gasteiger partial charge in [0.25, 0.3) is 14.1 Å². The third-order valence-corrected chi connectivity index (χ3v) is 16.8. The summed E-state index contributed by atoms with van der Waals surface area (Å²) in [4.78, 5) is 27.2. The van der Waals surface area contributed by atoms with Crippen LogP contribution in [0.1, 0.15) is 66.7 Å². The fourth-order valence-electron chi connectivity index (χ4n) is 5.71. The van der Waals surface area contributed by atoms with Crippen molar-refractivity contribution >= 4 is 16.6 Å². The van der Waals surface area contributed by atoms with E-state index in [9.17, 15) is 14.7 Å². The van der Waals surface area contributed by atoms with Gasteiger partial charge in [-0.15, -0.1) is 0 Å². The van der Waals surface area contributed by atoms with Crippen LogP contribution in [0.25, 0.3) is 0 Å². The fraction of sp³-hybridized carbons (Fsp3) is 0.852. The van der Waals surface area contributed by atoms with Gasteiger partial charge in [-0.05, 0) is 39.7 Å². The summed E-state index contributed by atoms with van der Waals surface area (Å²) in [7, 11) is -3.93. The average Bonchev–Trinajstić information content (AvgIpc) is 3.49. The number of aliphatic hydroxyl groups excluding tert-OH is 1. The van der Waals surface area contributed by atoms with E-state index >= 15 is 0 Å². The number of fused-ring (bicyclic) bond motifs is 3. The fourth-order valence-corrected chi connectivity index (χ4v) is 9.58. The largest absolute Gasteiger partial charge is 0.394 e. The van der Waals surface area contributed by atoms with E-state index in [1.807, 2.05) is 13.8 Å². The predicted molar refractivity (Wildman–Crippen MR) is 155 cm³/mol. The van der Waals surface area contributed by atoms with Crippen molar-refractivity contribution in [2.45, 2.75) is 141 Å². The number of H-pyrrole nitrogens is 1. The number of aryl methyl sites for hydroxylation is 1. The highest BCUT2D eigenvalue weighted by Crippen LogP contribution is 2.56. The Balaban J connectivity index is 1.44. The first kappa shape index (κ1) is 31.4. The molecule has 0 aliphatic carbocycles. The van der Waals surface area contributed by atoms with E-state index in [1.165, 1.54) is 10.8 Å². The zero-order chi connectivity index (χ0) is 30.2. The molecular weight excluding hydrogens is 569 g/mol. The van der Waals surface area contributed by atoms with Gasteiger partial charge < -0.3 is 33.1 Å². The average molecular weight is 616 g/mol. The summed E-state index contributed by atoms with van der Waals surface area (Å²) in [6, 6.07) is 0.0933. The van der Waals surface area contributed by atoms with Crippen LogP contribution >= 0.6 is 8.53 Å². The van der Waals surface area contributed by atoms with Crippen LogP contribution in [-0.4, -0.2) is 88.3 Å². The molecule has 232 valence electrons. The Kier molecular flexibility index (Phi) is 8.33. The number of hydrogen-bond acceptors (Lipinski definition) is 10. The second kappa shape index (κ2) is 10.9. The number of rotatable bonds is 6.